The zero-order valence-corrected chi connectivity index (χ0v) is 12.9. The predicted molar refractivity (Wildman–Crippen MR) is 67.5 cm³/mol. The Hall–Kier alpha value is 0.660. The molecule has 0 spiro atoms. The number of nitrogens with zero attached hydrogens (tertiary/aromatic N) is 2. The third-order valence-corrected chi connectivity index (χ3v) is 5.29. The lowest BCUT2D eigenvalue weighted by atomic mass is 10.5. The molecule has 1 aliphatic heterocycles. The number of hydrogen-bond donors (Lipinski definition) is 0. The van der Waals surface area contributed by atoms with Crippen LogP contribution in [0.3, 0.4) is 0 Å². The van der Waals surface area contributed by atoms with Gasteiger partial charge in [0.25, 0.3) is 0 Å². The molecule has 0 radical (unpaired) electrons. The lowest BCUT2D eigenvalue weighted by Crippen LogP contribution is -2.49. The molecule has 2 atom stereocenters. The SMILES string of the molecule is COCCN1C(Br)C(Br)N(CCOC)C1(F)F. The first-order valence-electron chi connectivity index (χ1n) is 5.14. The van der Waals surface area contributed by atoms with Gasteiger partial charge in [-0.2, -0.15) is 8.78 Å². The van der Waals surface area contributed by atoms with Crippen molar-refractivity contribution in [3.63, 3.8) is 0 Å². The lowest BCUT2D eigenvalue weighted by molar-refractivity contribution is -0.216. The molecule has 1 rings (SSSR count). The summed E-state index contributed by atoms with van der Waals surface area (Å²) in [7, 11) is 2.98. The summed E-state index contributed by atoms with van der Waals surface area (Å²) in [5.41, 5.74) is 0. The Morgan fingerprint density at radius 3 is 1.65 bits per heavy atom. The molecule has 0 amide bonds. The standard InChI is InChI=1S/C9H16Br2F2N2O2/c1-16-5-3-14-7(10)8(11)15(4-6-17-2)9(14,12)13/h7-8H,3-6H2,1-2H3. The van der Waals surface area contributed by atoms with E-state index in [9.17, 15) is 8.78 Å². The third-order valence-electron chi connectivity index (χ3n) is 2.59. The summed E-state index contributed by atoms with van der Waals surface area (Å²) in [6, 6.07) is 0. The van der Waals surface area contributed by atoms with Gasteiger partial charge >= 0.3 is 6.17 Å². The molecule has 0 aromatic heterocycles. The van der Waals surface area contributed by atoms with Gasteiger partial charge in [0.05, 0.1) is 23.1 Å². The topological polar surface area (TPSA) is 24.9 Å². The van der Waals surface area contributed by atoms with Gasteiger partial charge in [0.15, 0.2) is 0 Å². The van der Waals surface area contributed by atoms with Crippen LogP contribution in [0.15, 0.2) is 0 Å². The Labute approximate surface area is 116 Å². The summed E-state index contributed by atoms with van der Waals surface area (Å²) >= 11 is 6.54. The second-order valence-corrected chi connectivity index (χ2v) is 5.50. The third kappa shape index (κ3) is 3.36. The molecule has 0 saturated carbocycles. The highest BCUT2D eigenvalue weighted by Gasteiger charge is 2.57. The average molecular weight is 382 g/mol. The van der Waals surface area contributed by atoms with Gasteiger partial charge in [0.1, 0.15) is 0 Å². The van der Waals surface area contributed by atoms with Crippen LogP contribution in [0.2, 0.25) is 0 Å². The van der Waals surface area contributed by atoms with Crippen LogP contribution < -0.4 is 0 Å². The highest BCUT2D eigenvalue weighted by atomic mass is 79.9. The summed E-state index contributed by atoms with van der Waals surface area (Å²) in [5, 5.41) is 0. The van der Waals surface area contributed by atoms with Crippen LogP contribution in [0.5, 0.6) is 0 Å². The first-order valence-corrected chi connectivity index (χ1v) is 6.97. The lowest BCUT2D eigenvalue weighted by Gasteiger charge is -2.29. The molecule has 2 unspecified atom stereocenters. The number of ether oxygens (including phenoxy) is 2. The summed E-state index contributed by atoms with van der Waals surface area (Å²) in [6.07, 6.45) is -3.01. The van der Waals surface area contributed by atoms with Crippen molar-refractivity contribution < 1.29 is 18.3 Å². The van der Waals surface area contributed by atoms with Gasteiger partial charge in [-0.05, 0) is 0 Å². The molecule has 102 valence electrons. The Morgan fingerprint density at radius 1 is 1.00 bits per heavy atom. The zero-order chi connectivity index (χ0) is 13.1. The number of halogens is 4. The van der Waals surface area contributed by atoms with Gasteiger partial charge in [-0.3, -0.25) is 0 Å². The minimum atomic E-state index is -3.01. The van der Waals surface area contributed by atoms with Gasteiger partial charge in [-0.1, -0.05) is 31.9 Å². The minimum absolute atomic E-state index is 0.158. The van der Waals surface area contributed by atoms with E-state index in [4.69, 9.17) is 9.47 Å². The van der Waals surface area contributed by atoms with Gasteiger partial charge in [-0.15, -0.1) is 0 Å². The van der Waals surface area contributed by atoms with Crippen LogP contribution in [-0.4, -0.2) is 66.4 Å². The summed E-state index contributed by atoms with van der Waals surface area (Å²) in [5.74, 6) is 0. The zero-order valence-electron chi connectivity index (χ0n) is 9.71. The van der Waals surface area contributed by atoms with Crippen molar-refractivity contribution in [2.75, 3.05) is 40.5 Å². The van der Waals surface area contributed by atoms with Gasteiger partial charge in [0.2, 0.25) is 0 Å². The molecule has 4 nitrogen and oxygen atoms in total. The number of rotatable bonds is 6. The maximum absolute atomic E-state index is 14.1. The van der Waals surface area contributed by atoms with E-state index < -0.39 is 16.1 Å². The van der Waals surface area contributed by atoms with Gasteiger partial charge in [-0.25, -0.2) is 9.80 Å². The van der Waals surface area contributed by atoms with E-state index in [1.165, 1.54) is 14.2 Å². The van der Waals surface area contributed by atoms with E-state index in [0.717, 1.165) is 9.80 Å². The Morgan fingerprint density at radius 2 is 1.35 bits per heavy atom. The van der Waals surface area contributed by atoms with Crippen LogP contribution in [0.4, 0.5) is 8.78 Å². The van der Waals surface area contributed by atoms with E-state index in [2.05, 4.69) is 31.9 Å². The Kier molecular flexibility index (Phi) is 6.21. The minimum Gasteiger partial charge on any atom is -0.383 e. The fraction of sp³-hybridized carbons (Fsp3) is 1.00. The second kappa shape index (κ2) is 6.72. The average Bonchev–Trinajstić information content (AvgIpc) is 2.43. The highest BCUT2D eigenvalue weighted by Crippen LogP contribution is 2.42. The largest absolute Gasteiger partial charge is 0.383 e. The highest BCUT2D eigenvalue weighted by molar-refractivity contribution is 9.12. The molecule has 1 heterocycles. The molecule has 1 saturated heterocycles. The van der Waals surface area contributed by atoms with Gasteiger partial charge in [0, 0.05) is 27.3 Å². The normalized spacial score (nSPS) is 30.0. The summed E-state index contributed by atoms with van der Waals surface area (Å²) in [4.78, 5) is 1.19. The van der Waals surface area contributed by atoms with Crippen molar-refractivity contribution in [3.8, 4) is 0 Å². The maximum atomic E-state index is 14.1. The van der Waals surface area contributed by atoms with Crippen molar-refractivity contribution in [2.45, 2.75) is 16.1 Å². The molecule has 1 fully saturated rings. The van der Waals surface area contributed by atoms with Crippen molar-refractivity contribution in [1.29, 1.82) is 0 Å². The number of hydrogen-bond acceptors (Lipinski definition) is 4. The maximum Gasteiger partial charge on any atom is 0.371 e. The van der Waals surface area contributed by atoms with Crippen molar-refractivity contribution >= 4 is 31.9 Å². The molecule has 0 aromatic rings. The molecule has 0 N–H and O–H groups in total. The fourth-order valence-electron chi connectivity index (χ4n) is 1.65. The van der Waals surface area contributed by atoms with Gasteiger partial charge < -0.3 is 9.47 Å². The van der Waals surface area contributed by atoms with Crippen molar-refractivity contribution in [1.82, 2.24) is 9.80 Å². The van der Waals surface area contributed by atoms with E-state index in [0.29, 0.717) is 0 Å². The second-order valence-electron chi connectivity index (χ2n) is 3.63. The Bertz CT molecular complexity index is 227. The predicted octanol–water partition coefficient (Wildman–Crippen LogP) is 1.89. The van der Waals surface area contributed by atoms with E-state index in [-0.39, 0.29) is 26.3 Å². The molecule has 0 aromatic carbocycles. The molecule has 0 aliphatic carbocycles. The van der Waals surface area contributed by atoms with E-state index in [1.807, 2.05) is 0 Å². The number of methoxy groups -OCH3 is 2. The molecular weight excluding hydrogens is 366 g/mol. The van der Waals surface area contributed by atoms with Crippen molar-refractivity contribution in [2.24, 2.45) is 0 Å². The molecule has 0 bridgehead atoms. The smallest absolute Gasteiger partial charge is 0.371 e. The quantitative estimate of drug-likeness (QED) is 0.518. The summed E-state index contributed by atoms with van der Waals surface area (Å²) < 4.78 is 37.9. The van der Waals surface area contributed by atoms with Crippen LogP contribution >= 0.6 is 31.9 Å². The molecule has 17 heavy (non-hydrogen) atoms. The first kappa shape index (κ1) is 15.7. The molecule has 1 aliphatic rings. The van der Waals surface area contributed by atoms with E-state index >= 15 is 0 Å². The first-order chi connectivity index (χ1) is 7.96. The molecule has 8 heteroatoms. The number of alkyl halides is 4. The molecular formula is C9H16Br2F2N2O2. The monoisotopic (exact) mass is 380 g/mol. The van der Waals surface area contributed by atoms with Crippen LogP contribution in [-0.2, 0) is 9.47 Å². The summed E-state index contributed by atoms with van der Waals surface area (Å²) in [6.45, 7) is 0.834. The van der Waals surface area contributed by atoms with Crippen molar-refractivity contribution in [3.05, 3.63) is 0 Å². The fourth-order valence-corrected chi connectivity index (χ4v) is 3.13. The van der Waals surface area contributed by atoms with E-state index in [1.54, 1.807) is 0 Å². The van der Waals surface area contributed by atoms with Crippen LogP contribution in [0.1, 0.15) is 0 Å². The van der Waals surface area contributed by atoms with Crippen LogP contribution in [0, 0.1) is 0 Å². The Balaban J connectivity index is 2.73. The van der Waals surface area contributed by atoms with Crippen LogP contribution in [0.25, 0.3) is 0 Å².